The second kappa shape index (κ2) is 9.48. The summed E-state index contributed by atoms with van der Waals surface area (Å²) in [7, 11) is 0. The van der Waals surface area contributed by atoms with Gasteiger partial charge in [-0.1, -0.05) is 12.8 Å². The number of terminal acetylenes is 1. The Balaban J connectivity index is 3.89. The van der Waals surface area contributed by atoms with Crippen LogP contribution in [0.2, 0.25) is 0 Å². The Kier molecular flexibility index (Phi) is 8.51. The van der Waals surface area contributed by atoms with E-state index in [-0.39, 0.29) is 13.1 Å². The van der Waals surface area contributed by atoms with Crippen molar-refractivity contribution in [2.75, 3.05) is 32.7 Å². The summed E-state index contributed by atoms with van der Waals surface area (Å²) in [5.41, 5.74) is 0. The lowest BCUT2D eigenvalue weighted by Gasteiger charge is -2.18. The zero-order valence-electron chi connectivity index (χ0n) is 10.0. The molecule has 0 unspecified atom stereocenters. The van der Waals surface area contributed by atoms with E-state index in [0.717, 1.165) is 24.4 Å². The molecule has 96 valence electrons. The van der Waals surface area contributed by atoms with Crippen molar-refractivity contribution < 1.29 is 14.7 Å². The number of nitrogens with zero attached hydrogens (tertiary/aromatic N) is 1. The van der Waals surface area contributed by atoms with Gasteiger partial charge in [-0.2, -0.15) is 0 Å². The van der Waals surface area contributed by atoms with Crippen molar-refractivity contribution in [2.45, 2.75) is 13.3 Å². The van der Waals surface area contributed by atoms with Crippen LogP contribution in [-0.4, -0.2) is 54.7 Å². The SMILES string of the molecule is C#CCN(CC(=O)O)C(=O)NCCCNCC. The van der Waals surface area contributed by atoms with Crippen molar-refractivity contribution in [2.24, 2.45) is 0 Å². The molecule has 0 aromatic carbocycles. The van der Waals surface area contributed by atoms with Gasteiger partial charge >= 0.3 is 12.0 Å². The van der Waals surface area contributed by atoms with Gasteiger partial charge < -0.3 is 20.6 Å². The van der Waals surface area contributed by atoms with Crippen LogP contribution in [0.15, 0.2) is 0 Å². The van der Waals surface area contributed by atoms with Crippen LogP contribution >= 0.6 is 0 Å². The Hall–Kier alpha value is -1.74. The molecule has 17 heavy (non-hydrogen) atoms. The first kappa shape index (κ1) is 15.3. The van der Waals surface area contributed by atoms with E-state index in [1.54, 1.807) is 0 Å². The van der Waals surface area contributed by atoms with Gasteiger partial charge in [0, 0.05) is 6.54 Å². The Morgan fingerprint density at radius 3 is 2.65 bits per heavy atom. The number of hydrogen-bond donors (Lipinski definition) is 3. The van der Waals surface area contributed by atoms with Crippen molar-refractivity contribution in [3.05, 3.63) is 0 Å². The third-order valence-electron chi connectivity index (χ3n) is 1.95. The number of aliphatic carboxylic acids is 1. The highest BCUT2D eigenvalue weighted by Gasteiger charge is 2.14. The summed E-state index contributed by atoms with van der Waals surface area (Å²) in [6.07, 6.45) is 5.85. The van der Waals surface area contributed by atoms with E-state index in [0.29, 0.717) is 6.54 Å². The summed E-state index contributed by atoms with van der Waals surface area (Å²) < 4.78 is 0. The van der Waals surface area contributed by atoms with Gasteiger partial charge in [-0.15, -0.1) is 6.42 Å². The van der Waals surface area contributed by atoms with E-state index in [1.165, 1.54) is 0 Å². The molecule has 0 rings (SSSR count). The first-order valence-electron chi connectivity index (χ1n) is 5.50. The summed E-state index contributed by atoms with van der Waals surface area (Å²) in [4.78, 5) is 23.1. The van der Waals surface area contributed by atoms with Crippen LogP contribution in [0.5, 0.6) is 0 Å². The van der Waals surface area contributed by atoms with Crippen LogP contribution in [0.25, 0.3) is 0 Å². The average Bonchev–Trinajstić information content (AvgIpc) is 2.27. The molecule has 0 aliphatic heterocycles. The molecule has 0 aliphatic carbocycles. The van der Waals surface area contributed by atoms with Crippen molar-refractivity contribution in [1.82, 2.24) is 15.5 Å². The summed E-state index contributed by atoms with van der Waals surface area (Å²) in [5.74, 6) is 1.17. The zero-order valence-corrected chi connectivity index (χ0v) is 10.0. The van der Waals surface area contributed by atoms with E-state index in [1.807, 2.05) is 6.92 Å². The molecule has 0 spiro atoms. The van der Waals surface area contributed by atoms with Gasteiger partial charge in [0.1, 0.15) is 6.54 Å². The molecular weight excluding hydrogens is 222 g/mol. The molecule has 6 nitrogen and oxygen atoms in total. The van der Waals surface area contributed by atoms with E-state index in [2.05, 4.69) is 16.6 Å². The molecule has 0 bridgehead atoms. The van der Waals surface area contributed by atoms with Crippen LogP contribution in [0.4, 0.5) is 4.79 Å². The lowest BCUT2D eigenvalue weighted by Crippen LogP contribution is -2.43. The number of carboxylic acid groups (broad SMARTS) is 1. The van der Waals surface area contributed by atoms with Crippen LogP contribution in [-0.2, 0) is 4.79 Å². The van der Waals surface area contributed by atoms with Gasteiger partial charge in [0.15, 0.2) is 0 Å². The first-order chi connectivity index (χ1) is 8.11. The van der Waals surface area contributed by atoms with Crippen LogP contribution in [0, 0.1) is 12.3 Å². The molecule has 0 atom stereocenters. The maximum atomic E-state index is 11.5. The Morgan fingerprint density at radius 1 is 1.41 bits per heavy atom. The fraction of sp³-hybridized carbons (Fsp3) is 0.636. The van der Waals surface area contributed by atoms with Crippen molar-refractivity contribution in [3.8, 4) is 12.3 Å². The minimum atomic E-state index is -1.08. The average molecular weight is 241 g/mol. The van der Waals surface area contributed by atoms with Gasteiger partial charge in [0.2, 0.25) is 0 Å². The standard InChI is InChI=1S/C11H19N3O3/c1-3-8-14(9-10(15)16)11(17)13-7-5-6-12-4-2/h1,12H,4-9H2,2H3,(H,13,17)(H,15,16). The summed E-state index contributed by atoms with van der Waals surface area (Å²) in [6, 6.07) is -0.443. The van der Waals surface area contributed by atoms with E-state index < -0.39 is 12.0 Å². The molecule has 0 aliphatic rings. The highest BCUT2D eigenvalue weighted by atomic mass is 16.4. The molecule has 6 heteroatoms. The summed E-state index contributed by atoms with van der Waals surface area (Å²) in [5, 5.41) is 14.3. The minimum absolute atomic E-state index is 0.00859. The van der Waals surface area contributed by atoms with Crippen LogP contribution in [0.1, 0.15) is 13.3 Å². The maximum absolute atomic E-state index is 11.5. The molecule has 3 N–H and O–H groups in total. The van der Waals surface area contributed by atoms with Gasteiger partial charge in [0.25, 0.3) is 0 Å². The van der Waals surface area contributed by atoms with E-state index in [9.17, 15) is 9.59 Å². The molecule has 2 amide bonds. The second-order valence-corrected chi connectivity index (χ2v) is 3.39. The second-order valence-electron chi connectivity index (χ2n) is 3.39. The fourth-order valence-electron chi connectivity index (χ4n) is 1.17. The fourth-order valence-corrected chi connectivity index (χ4v) is 1.17. The van der Waals surface area contributed by atoms with Crippen LogP contribution < -0.4 is 10.6 Å². The summed E-state index contributed by atoms with van der Waals surface area (Å²) in [6.45, 7) is 3.79. The predicted molar refractivity (Wildman–Crippen MR) is 64.6 cm³/mol. The zero-order chi connectivity index (χ0) is 13.1. The molecular formula is C11H19N3O3. The van der Waals surface area contributed by atoms with Gasteiger partial charge in [0.05, 0.1) is 6.54 Å². The first-order valence-corrected chi connectivity index (χ1v) is 5.50. The normalized spacial score (nSPS) is 9.41. The number of nitrogens with one attached hydrogen (secondary N) is 2. The quantitative estimate of drug-likeness (QED) is 0.403. The van der Waals surface area contributed by atoms with E-state index >= 15 is 0 Å². The molecule has 0 radical (unpaired) electrons. The number of carbonyl (C=O) groups is 2. The highest BCUT2D eigenvalue weighted by molar-refractivity contribution is 5.80. The largest absolute Gasteiger partial charge is 0.480 e. The Bertz CT molecular complexity index is 286. The number of carboxylic acids is 1. The molecule has 0 fully saturated rings. The van der Waals surface area contributed by atoms with E-state index in [4.69, 9.17) is 11.5 Å². The van der Waals surface area contributed by atoms with Crippen molar-refractivity contribution in [3.63, 3.8) is 0 Å². The number of amides is 2. The molecule has 0 saturated carbocycles. The van der Waals surface area contributed by atoms with Gasteiger partial charge in [-0.05, 0) is 19.5 Å². The molecule has 0 aromatic heterocycles. The highest BCUT2D eigenvalue weighted by Crippen LogP contribution is 1.89. The topological polar surface area (TPSA) is 81.7 Å². The Labute approximate surface area is 101 Å². The van der Waals surface area contributed by atoms with Crippen LogP contribution in [0.3, 0.4) is 0 Å². The predicted octanol–water partition coefficient (Wildman–Crippen LogP) is -0.285. The van der Waals surface area contributed by atoms with Gasteiger partial charge in [-0.25, -0.2) is 4.79 Å². The minimum Gasteiger partial charge on any atom is -0.480 e. The third-order valence-corrected chi connectivity index (χ3v) is 1.95. The van der Waals surface area contributed by atoms with Crippen molar-refractivity contribution >= 4 is 12.0 Å². The number of carbonyl (C=O) groups excluding carboxylic acids is 1. The monoisotopic (exact) mass is 241 g/mol. The summed E-state index contributed by atoms with van der Waals surface area (Å²) >= 11 is 0. The number of rotatable bonds is 8. The van der Waals surface area contributed by atoms with Crippen molar-refractivity contribution in [1.29, 1.82) is 0 Å². The maximum Gasteiger partial charge on any atom is 0.323 e. The molecule has 0 heterocycles. The number of hydrogen-bond acceptors (Lipinski definition) is 3. The lowest BCUT2D eigenvalue weighted by atomic mass is 10.4. The Morgan fingerprint density at radius 2 is 2.12 bits per heavy atom. The smallest absolute Gasteiger partial charge is 0.323 e. The number of urea groups is 1. The molecule has 0 saturated heterocycles. The van der Waals surface area contributed by atoms with Gasteiger partial charge in [-0.3, -0.25) is 4.79 Å². The lowest BCUT2D eigenvalue weighted by molar-refractivity contribution is -0.137. The molecule has 0 aromatic rings. The third kappa shape index (κ3) is 8.11.